The molecule has 4 rings (SSSR count). The van der Waals surface area contributed by atoms with E-state index in [-0.39, 0.29) is 5.91 Å². The van der Waals surface area contributed by atoms with Gasteiger partial charge in [-0.25, -0.2) is 0 Å². The van der Waals surface area contributed by atoms with Crippen LogP contribution in [-0.4, -0.2) is 21.3 Å². The molecule has 1 saturated carbocycles. The van der Waals surface area contributed by atoms with Crippen molar-refractivity contribution in [2.45, 2.75) is 44.9 Å². The van der Waals surface area contributed by atoms with Crippen LogP contribution in [0.3, 0.4) is 0 Å². The first kappa shape index (κ1) is 16.9. The topological polar surface area (TPSA) is 80.9 Å². The number of amides is 1. The Labute approximate surface area is 155 Å². The molecule has 0 radical (unpaired) electrons. The van der Waals surface area contributed by atoms with E-state index >= 15 is 0 Å². The predicted octanol–water partition coefficient (Wildman–Crippen LogP) is 4.80. The number of benzene rings is 1. The zero-order chi connectivity index (χ0) is 17.9. The maximum Gasteiger partial charge on any atom is 0.263 e. The van der Waals surface area contributed by atoms with Crippen molar-refractivity contribution in [2.24, 2.45) is 0 Å². The lowest BCUT2D eigenvalue weighted by Crippen LogP contribution is -2.13. The number of nitrogens with one attached hydrogen (secondary N) is 1. The molecule has 1 aliphatic carbocycles. The number of nitrogens with zero attached hydrogens (tertiary/aromatic N) is 3. The Morgan fingerprint density at radius 1 is 1.15 bits per heavy atom. The highest BCUT2D eigenvalue weighted by Crippen LogP contribution is 2.35. The molecule has 0 spiro atoms. The molecule has 0 atom stereocenters. The minimum atomic E-state index is -0.269. The summed E-state index contributed by atoms with van der Waals surface area (Å²) >= 11 is 1.47. The van der Waals surface area contributed by atoms with E-state index in [2.05, 4.69) is 20.7 Å². The van der Waals surface area contributed by atoms with Gasteiger partial charge >= 0.3 is 0 Å². The van der Waals surface area contributed by atoms with Gasteiger partial charge in [0.05, 0.1) is 0 Å². The van der Waals surface area contributed by atoms with Crippen LogP contribution in [0.4, 0.5) is 5.13 Å². The van der Waals surface area contributed by atoms with Crippen molar-refractivity contribution >= 4 is 22.4 Å². The molecule has 6 nitrogen and oxygen atoms in total. The second kappa shape index (κ2) is 7.37. The minimum Gasteiger partial charge on any atom is -0.360 e. The number of carbonyl (C=O) groups excluding carboxylic acids is 1. The summed E-state index contributed by atoms with van der Waals surface area (Å²) in [5.74, 6) is 0.691. The average molecular weight is 368 g/mol. The molecule has 1 fully saturated rings. The van der Waals surface area contributed by atoms with Crippen LogP contribution in [-0.2, 0) is 0 Å². The van der Waals surface area contributed by atoms with Gasteiger partial charge in [0, 0.05) is 11.5 Å². The van der Waals surface area contributed by atoms with E-state index in [0.717, 1.165) is 23.4 Å². The van der Waals surface area contributed by atoms with E-state index in [1.54, 1.807) is 6.92 Å². The SMILES string of the molecule is Cc1onc(-c2ccccc2)c1C(=O)Nc1nnc(C2CCCCC2)s1. The van der Waals surface area contributed by atoms with Crippen LogP contribution in [0.25, 0.3) is 11.3 Å². The van der Waals surface area contributed by atoms with Crippen molar-refractivity contribution in [3.63, 3.8) is 0 Å². The van der Waals surface area contributed by atoms with E-state index in [1.165, 1.54) is 30.6 Å². The Balaban J connectivity index is 1.54. The summed E-state index contributed by atoms with van der Waals surface area (Å²) in [6.07, 6.45) is 6.10. The maximum atomic E-state index is 12.8. The third-order valence-electron chi connectivity index (χ3n) is 4.75. The average Bonchev–Trinajstić information content (AvgIpc) is 3.30. The van der Waals surface area contributed by atoms with Crippen LogP contribution in [0.1, 0.15) is 59.1 Å². The lowest BCUT2D eigenvalue weighted by atomic mass is 9.90. The molecule has 134 valence electrons. The quantitative estimate of drug-likeness (QED) is 0.715. The normalized spacial score (nSPS) is 15.1. The molecule has 0 unspecified atom stereocenters. The first-order chi connectivity index (χ1) is 12.7. The van der Waals surface area contributed by atoms with Gasteiger partial charge in [0.15, 0.2) is 0 Å². The van der Waals surface area contributed by atoms with Crippen LogP contribution in [0.2, 0.25) is 0 Å². The molecule has 3 aromatic rings. The second-order valence-corrected chi connectivity index (χ2v) is 7.57. The molecular weight excluding hydrogens is 348 g/mol. The van der Waals surface area contributed by atoms with Crippen LogP contribution in [0, 0.1) is 6.92 Å². The lowest BCUT2D eigenvalue weighted by Gasteiger charge is -2.18. The minimum absolute atomic E-state index is 0.269. The first-order valence-electron chi connectivity index (χ1n) is 8.89. The summed E-state index contributed by atoms with van der Waals surface area (Å²) in [5.41, 5.74) is 1.82. The van der Waals surface area contributed by atoms with Crippen molar-refractivity contribution in [1.82, 2.24) is 15.4 Å². The largest absolute Gasteiger partial charge is 0.360 e. The summed E-state index contributed by atoms with van der Waals surface area (Å²) in [7, 11) is 0. The molecule has 2 aromatic heterocycles. The van der Waals surface area contributed by atoms with Gasteiger partial charge < -0.3 is 4.52 Å². The number of hydrogen-bond acceptors (Lipinski definition) is 6. The molecular formula is C19H20N4O2S. The molecule has 7 heteroatoms. The van der Waals surface area contributed by atoms with Gasteiger partial charge in [0.1, 0.15) is 22.0 Å². The molecule has 0 saturated heterocycles. The van der Waals surface area contributed by atoms with Crippen LogP contribution in [0.5, 0.6) is 0 Å². The molecule has 1 aromatic carbocycles. The third kappa shape index (κ3) is 3.39. The van der Waals surface area contributed by atoms with E-state index in [4.69, 9.17) is 4.52 Å². The number of aryl methyl sites for hydroxylation is 1. The Hall–Kier alpha value is -2.54. The van der Waals surface area contributed by atoms with Crippen LogP contribution < -0.4 is 5.32 Å². The third-order valence-corrected chi connectivity index (χ3v) is 5.75. The number of aromatic nitrogens is 3. The van der Waals surface area contributed by atoms with Crippen LogP contribution in [0.15, 0.2) is 34.9 Å². The molecule has 1 amide bonds. The van der Waals surface area contributed by atoms with Crippen molar-refractivity contribution < 1.29 is 9.32 Å². The predicted molar refractivity (Wildman–Crippen MR) is 100 cm³/mol. The number of rotatable bonds is 4. The molecule has 1 N–H and O–H groups in total. The monoisotopic (exact) mass is 368 g/mol. The fraction of sp³-hybridized carbons (Fsp3) is 0.368. The second-order valence-electron chi connectivity index (χ2n) is 6.56. The number of hydrogen-bond donors (Lipinski definition) is 1. The zero-order valence-corrected chi connectivity index (χ0v) is 15.4. The van der Waals surface area contributed by atoms with E-state index < -0.39 is 0 Å². The summed E-state index contributed by atoms with van der Waals surface area (Å²) in [5, 5.41) is 16.9. The fourth-order valence-electron chi connectivity index (χ4n) is 3.39. The van der Waals surface area contributed by atoms with Crippen molar-refractivity contribution in [3.8, 4) is 11.3 Å². The van der Waals surface area contributed by atoms with E-state index in [9.17, 15) is 4.79 Å². The summed E-state index contributed by atoms with van der Waals surface area (Å²) in [6, 6.07) is 9.54. The number of anilines is 1. The van der Waals surface area contributed by atoms with Crippen molar-refractivity contribution in [2.75, 3.05) is 5.32 Å². The van der Waals surface area contributed by atoms with Gasteiger partial charge in [-0.3, -0.25) is 10.1 Å². The molecule has 26 heavy (non-hydrogen) atoms. The van der Waals surface area contributed by atoms with Crippen molar-refractivity contribution in [1.29, 1.82) is 0 Å². The molecule has 2 heterocycles. The van der Waals surface area contributed by atoms with E-state index in [0.29, 0.717) is 28.1 Å². The van der Waals surface area contributed by atoms with Gasteiger partial charge in [-0.1, -0.05) is 66.1 Å². The maximum absolute atomic E-state index is 12.8. The fourth-order valence-corrected chi connectivity index (χ4v) is 4.30. The molecule has 0 bridgehead atoms. The zero-order valence-electron chi connectivity index (χ0n) is 14.6. The van der Waals surface area contributed by atoms with Gasteiger partial charge in [0.25, 0.3) is 5.91 Å². The highest BCUT2D eigenvalue weighted by Gasteiger charge is 2.24. The highest BCUT2D eigenvalue weighted by molar-refractivity contribution is 7.15. The van der Waals surface area contributed by atoms with Crippen molar-refractivity contribution in [3.05, 3.63) is 46.7 Å². The Kier molecular flexibility index (Phi) is 4.79. The summed E-state index contributed by atoms with van der Waals surface area (Å²) < 4.78 is 5.27. The summed E-state index contributed by atoms with van der Waals surface area (Å²) in [6.45, 7) is 1.74. The van der Waals surface area contributed by atoms with Crippen LogP contribution >= 0.6 is 11.3 Å². The Morgan fingerprint density at radius 2 is 1.92 bits per heavy atom. The van der Waals surface area contributed by atoms with Gasteiger partial charge in [-0.15, -0.1) is 10.2 Å². The van der Waals surface area contributed by atoms with Gasteiger partial charge in [0.2, 0.25) is 5.13 Å². The smallest absolute Gasteiger partial charge is 0.263 e. The highest BCUT2D eigenvalue weighted by atomic mass is 32.1. The van der Waals surface area contributed by atoms with Gasteiger partial charge in [-0.05, 0) is 19.8 Å². The lowest BCUT2D eigenvalue weighted by molar-refractivity contribution is 0.102. The molecule has 0 aliphatic heterocycles. The Morgan fingerprint density at radius 3 is 2.69 bits per heavy atom. The standard InChI is InChI=1S/C19H20N4O2S/c1-12-15(16(23-25-12)13-8-4-2-5-9-13)17(24)20-19-22-21-18(26-19)14-10-6-3-7-11-14/h2,4-5,8-9,14H,3,6-7,10-11H2,1H3,(H,20,22,24). The summed E-state index contributed by atoms with van der Waals surface area (Å²) in [4.78, 5) is 12.8. The van der Waals surface area contributed by atoms with E-state index in [1.807, 2.05) is 30.3 Å². The first-order valence-corrected chi connectivity index (χ1v) is 9.70. The Bertz CT molecular complexity index is 897. The molecule has 1 aliphatic rings. The number of carbonyl (C=O) groups is 1. The van der Waals surface area contributed by atoms with Gasteiger partial charge in [-0.2, -0.15) is 0 Å².